The van der Waals surface area contributed by atoms with E-state index >= 15 is 0 Å². The van der Waals surface area contributed by atoms with Crippen LogP contribution in [-0.2, 0) is 11.8 Å². The third kappa shape index (κ3) is 1.96. The van der Waals surface area contributed by atoms with Gasteiger partial charge in [0.25, 0.3) is 0 Å². The van der Waals surface area contributed by atoms with Crippen LogP contribution in [0, 0.1) is 11.3 Å². The molecule has 1 aliphatic carbocycles. The highest BCUT2D eigenvalue weighted by molar-refractivity contribution is 5.45. The van der Waals surface area contributed by atoms with Gasteiger partial charge in [-0.1, -0.05) is 44.0 Å². The molecule has 0 bridgehead atoms. The predicted octanol–water partition coefficient (Wildman–Crippen LogP) is 2.95. The largest absolute Gasteiger partial charge is 0.391 e. The van der Waals surface area contributed by atoms with E-state index in [1.165, 1.54) is 5.56 Å². The minimum absolute atomic E-state index is 0.531. The van der Waals surface area contributed by atoms with Gasteiger partial charge in [0.1, 0.15) is 5.41 Å². The number of benzene rings is 1. The zero-order chi connectivity index (χ0) is 12.3. The Bertz CT molecular complexity index is 435. The Labute approximate surface area is 103 Å². The van der Waals surface area contributed by atoms with Crippen LogP contribution in [0.4, 0.5) is 0 Å². The van der Waals surface area contributed by atoms with Crippen molar-refractivity contribution < 1.29 is 5.11 Å². The summed E-state index contributed by atoms with van der Waals surface area (Å²) in [6.07, 6.45) is 3.89. The van der Waals surface area contributed by atoms with Crippen molar-refractivity contribution in [2.75, 3.05) is 0 Å². The molecule has 1 aromatic carbocycles. The van der Waals surface area contributed by atoms with Crippen molar-refractivity contribution in [1.82, 2.24) is 0 Å². The highest BCUT2D eigenvalue weighted by Crippen LogP contribution is 2.42. The first-order chi connectivity index (χ1) is 8.24. The number of fused-ring (bicyclic) bond motifs is 1. The molecule has 2 rings (SSSR count). The Balaban J connectivity index is 2.31. The van der Waals surface area contributed by atoms with Crippen LogP contribution in [0.15, 0.2) is 24.3 Å². The summed E-state index contributed by atoms with van der Waals surface area (Å²) in [6.45, 7) is 2.11. The Morgan fingerprint density at radius 1 is 1.47 bits per heavy atom. The molecule has 0 heterocycles. The molecule has 0 saturated carbocycles. The lowest BCUT2D eigenvalue weighted by atomic mass is 9.76. The molecule has 1 N–H and O–H groups in total. The van der Waals surface area contributed by atoms with E-state index in [-0.39, 0.29) is 0 Å². The zero-order valence-corrected chi connectivity index (χ0v) is 10.3. The first-order valence-corrected chi connectivity index (χ1v) is 6.42. The molecule has 0 fully saturated rings. The summed E-state index contributed by atoms with van der Waals surface area (Å²) in [7, 11) is 0. The number of hydrogen-bond donors (Lipinski definition) is 1. The lowest BCUT2D eigenvalue weighted by Gasteiger charge is -2.28. The van der Waals surface area contributed by atoms with Crippen LogP contribution in [0.5, 0.6) is 0 Å². The number of hydrogen-bond acceptors (Lipinski definition) is 2. The Hall–Kier alpha value is -1.33. The molecule has 0 amide bonds. The number of aliphatic hydroxyl groups excluding tert-OH is 1. The zero-order valence-electron chi connectivity index (χ0n) is 10.3. The molecule has 0 aliphatic heterocycles. The third-order valence-corrected chi connectivity index (χ3v) is 3.89. The van der Waals surface area contributed by atoms with Gasteiger partial charge in [0.15, 0.2) is 0 Å². The maximum Gasteiger partial charge on any atom is 0.109 e. The Kier molecular flexibility index (Phi) is 3.49. The van der Waals surface area contributed by atoms with Crippen molar-refractivity contribution in [2.45, 2.75) is 50.5 Å². The monoisotopic (exact) mass is 229 g/mol. The molecule has 0 aromatic heterocycles. The van der Waals surface area contributed by atoms with E-state index in [0.717, 1.165) is 37.7 Å². The molecule has 2 atom stereocenters. The number of nitrogens with zero attached hydrogens (tertiary/aromatic N) is 1. The molecule has 0 spiro atoms. The van der Waals surface area contributed by atoms with Gasteiger partial charge in [0.05, 0.1) is 12.2 Å². The van der Waals surface area contributed by atoms with E-state index in [1.807, 2.05) is 18.2 Å². The number of unbranched alkanes of at least 4 members (excludes halogenated alkanes) is 1. The van der Waals surface area contributed by atoms with Crippen LogP contribution in [-0.4, -0.2) is 11.2 Å². The van der Waals surface area contributed by atoms with Gasteiger partial charge in [-0.3, -0.25) is 0 Å². The number of aryl methyl sites for hydroxylation is 1. The molecular weight excluding hydrogens is 210 g/mol. The van der Waals surface area contributed by atoms with E-state index in [9.17, 15) is 10.4 Å². The summed E-state index contributed by atoms with van der Waals surface area (Å²) in [6, 6.07) is 10.4. The van der Waals surface area contributed by atoms with Crippen molar-refractivity contribution in [1.29, 1.82) is 5.26 Å². The SMILES string of the molecule is CCCCC(O)C1(C#N)CCc2ccccc21. The summed E-state index contributed by atoms with van der Waals surface area (Å²) in [4.78, 5) is 0. The van der Waals surface area contributed by atoms with Crippen LogP contribution < -0.4 is 0 Å². The Morgan fingerprint density at radius 2 is 2.24 bits per heavy atom. The van der Waals surface area contributed by atoms with Crippen molar-refractivity contribution in [3.63, 3.8) is 0 Å². The maximum absolute atomic E-state index is 10.4. The predicted molar refractivity (Wildman–Crippen MR) is 67.6 cm³/mol. The van der Waals surface area contributed by atoms with Gasteiger partial charge in [0, 0.05) is 0 Å². The fraction of sp³-hybridized carbons (Fsp3) is 0.533. The molecule has 1 aliphatic rings. The highest BCUT2D eigenvalue weighted by Gasteiger charge is 2.44. The van der Waals surface area contributed by atoms with E-state index in [4.69, 9.17) is 0 Å². The standard InChI is InChI=1S/C15H19NO/c1-2-3-8-14(17)15(11-16)10-9-12-6-4-5-7-13(12)15/h4-7,14,17H,2-3,8-10H2,1H3. The summed E-state index contributed by atoms with van der Waals surface area (Å²) in [5.74, 6) is 0. The summed E-state index contributed by atoms with van der Waals surface area (Å²) >= 11 is 0. The Morgan fingerprint density at radius 3 is 2.94 bits per heavy atom. The van der Waals surface area contributed by atoms with Gasteiger partial charge < -0.3 is 5.11 Å². The highest BCUT2D eigenvalue weighted by atomic mass is 16.3. The van der Waals surface area contributed by atoms with Crippen molar-refractivity contribution in [3.8, 4) is 6.07 Å². The first-order valence-electron chi connectivity index (χ1n) is 6.42. The van der Waals surface area contributed by atoms with Crippen LogP contribution in [0.1, 0.15) is 43.7 Å². The average Bonchev–Trinajstić information content (AvgIpc) is 2.76. The summed E-state index contributed by atoms with van der Waals surface area (Å²) < 4.78 is 0. The second-order valence-corrected chi connectivity index (χ2v) is 4.90. The van der Waals surface area contributed by atoms with Gasteiger partial charge >= 0.3 is 0 Å². The van der Waals surface area contributed by atoms with Gasteiger partial charge in [-0.2, -0.15) is 5.26 Å². The maximum atomic E-state index is 10.4. The van der Waals surface area contributed by atoms with E-state index in [0.29, 0.717) is 0 Å². The fourth-order valence-electron chi connectivity index (χ4n) is 2.82. The fourth-order valence-corrected chi connectivity index (χ4v) is 2.82. The molecule has 2 heteroatoms. The average molecular weight is 229 g/mol. The minimum Gasteiger partial charge on any atom is -0.391 e. The number of aliphatic hydroxyl groups is 1. The smallest absolute Gasteiger partial charge is 0.109 e. The van der Waals surface area contributed by atoms with E-state index in [2.05, 4.69) is 19.1 Å². The van der Waals surface area contributed by atoms with Gasteiger partial charge in [-0.25, -0.2) is 0 Å². The first kappa shape index (κ1) is 12.1. The minimum atomic E-state index is -0.661. The topological polar surface area (TPSA) is 44.0 Å². The van der Waals surface area contributed by atoms with Gasteiger partial charge in [-0.15, -0.1) is 0 Å². The molecule has 2 nitrogen and oxygen atoms in total. The molecule has 1 aromatic rings. The van der Waals surface area contributed by atoms with Crippen molar-refractivity contribution in [2.24, 2.45) is 0 Å². The lowest BCUT2D eigenvalue weighted by molar-refractivity contribution is 0.0987. The summed E-state index contributed by atoms with van der Waals surface area (Å²) in [5.41, 5.74) is 1.61. The van der Waals surface area contributed by atoms with E-state index < -0.39 is 11.5 Å². The molecule has 0 radical (unpaired) electrons. The molecule has 0 saturated heterocycles. The number of rotatable bonds is 4. The quantitative estimate of drug-likeness (QED) is 0.862. The second-order valence-electron chi connectivity index (χ2n) is 4.90. The lowest BCUT2D eigenvalue weighted by Crippen LogP contribution is -2.36. The van der Waals surface area contributed by atoms with Crippen LogP contribution in [0.3, 0.4) is 0 Å². The molecule has 17 heavy (non-hydrogen) atoms. The molecule has 90 valence electrons. The third-order valence-electron chi connectivity index (χ3n) is 3.89. The van der Waals surface area contributed by atoms with Crippen molar-refractivity contribution in [3.05, 3.63) is 35.4 Å². The summed E-state index contributed by atoms with van der Waals surface area (Å²) in [5, 5.41) is 19.9. The normalized spacial score (nSPS) is 24.1. The number of nitriles is 1. The molecular formula is C15H19NO. The van der Waals surface area contributed by atoms with Crippen LogP contribution in [0.25, 0.3) is 0 Å². The second kappa shape index (κ2) is 4.89. The van der Waals surface area contributed by atoms with Gasteiger partial charge in [0.2, 0.25) is 0 Å². The van der Waals surface area contributed by atoms with E-state index in [1.54, 1.807) is 0 Å². The van der Waals surface area contributed by atoms with Gasteiger partial charge in [-0.05, 0) is 30.4 Å². The van der Waals surface area contributed by atoms with Crippen LogP contribution in [0.2, 0.25) is 0 Å². The van der Waals surface area contributed by atoms with Crippen molar-refractivity contribution >= 4 is 0 Å². The molecule has 2 unspecified atom stereocenters. The van der Waals surface area contributed by atoms with Crippen LogP contribution >= 0.6 is 0 Å².